The maximum Gasteiger partial charge on any atom is 0.281 e. The van der Waals surface area contributed by atoms with Crippen LogP contribution >= 0.6 is 15.9 Å². The van der Waals surface area contributed by atoms with Gasteiger partial charge in [0.1, 0.15) is 5.69 Å². The number of alkyl halides is 2. The van der Waals surface area contributed by atoms with Gasteiger partial charge in [-0.05, 0) is 34.0 Å². The molecule has 0 aliphatic rings. The quantitative estimate of drug-likeness (QED) is 0.819. The maximum atomic E-state index is 12.4. The van der Waals surface area contributed by atoms with Crippen LogP contribution in [0.4, 0.5) is 8.78 Å². The summed E-state index contributed by atoms with van der Waals surface area (Å²) in [5.41, 5.74) is 1.05. The van der Waals surface area contributed by atoms with Crippen LogP contribution in [-0.2, 0) is 6.42 Å². The smallest absolute Gasteiger partial charge is 0.254 e. The average Bonchev–Trinajstić information content (AvgIpc) is 2.13. The summed E-state index contributed by atoms with van der Waals surface area (Å²) in [6, 6.07) is 1.95. The van der Waals surface area contributed by atoms with Crippen molar-refractivity contribution in [1.82, 2.24) is 4.98 Å². The molecular weight excluding hydrogens is 254 g/mol. The molecule has 0 atom stereocenters. The molecular formula is C9H7BrF2N2. The molecule has 1 rings (SSSR count). The lowest BCUT2D eigenvalue weighted by molar-refractivity contribution is 0.145. The summed E-state index contributed by atoms with van der Waals surface area (Å²) < 4.78 is 25.0. The Kier molecular flexibility index (Phi) is 3.53. The van der Waals surface area contributed by atoms with Crippen LogP contribution in [0.25, 0.3) is 0 Å². The van der Waals surface area contributed by atoms with E-state index in [1.807, 2.05) is 6.07 Å². The second-order valence-electron chi connectivity index (χ2n) is 2.74. The van der Waals surface area contributed by atoms with E-state index >= 15 is 0 Å². The molecule has 0 unspecified atom stereocenters. The number of hydrogen-bond acceptors (Lipinski definition) is 2. The number of rotatable bonds is 2. The van der Waals surface area contributed by atoms with Gasteiger partial charge in [0.25, 0.3) is 6.43 Å². The highest BCUT2D eigenvalue weighted by atomic mass is 79.9. The second kappa shape index (κ2) is 4.47. The van der Waals surface area contributed by atoms with Crippen molar-refractivity contribution in [2.45, 2.75) is 19.8 Å². The molecule has 0 spiro atoms. The Morgan fingerprint density at radius 2 is 2.29 bits per heavy atom. The number of nitrogens with zero attached hydrogens (tertiary/aromatic N) is 2. The van der Waals surface area contributed by atoms with E-state index in [0.29, 0.717) is 15.6 Å². The SMILES string of the molecule is Cc1c(CC#N)cnc(C(F)F)c1Br. The standard InChI is InChI=1S/C9H7BrF2N2/c1-5-6(2-3-13)4-14-8(7(5)10)9(11)12/h4,9H,2H2,1H3. The summed E-state index contributed by atoms with van der Waals surface area (Å²) in [7, 11) is 0. The lowest BCUT2D eigenvalue weighted by Gasteiger charge is -2.08. The van der Waals surface area contributed by atoms with Crippen LogP contribution in [-0.4, -0.2) is 4.98 Å². The van der Waals surface area contributed by atoms with Crippen molar-refractivity contribution >= 4 is 15.9 Å². The van der Waals surface area contributed by atoms with Crippen LogP contribution < -0.4 is 0 Å². The van der Waals surface area contributed by atoms with E-state index in [4.69, 9.17) is 5.26 Å². The van der Waals surface area contributed by atoms with Crippen molar-refractivity contribution in [2.24, 2.45) is 0 Å². The van der Waals surface area contributed by atoms with Crippen molar-refractivity contribution in [3.8, 4) is 6.07 Å². The van der Waals surface area contributed by atoms with Crippen LogP contribution in [0.1, 0.15) is 23.2 Å². The zero-order valence-corrected chi connectivity index (χ0v) is 8.98. The van der Waals surface area contributed by atoms with Gasteiger partial charge in [0.2, 0.25) is 0 Å². The van der Waals surface area contributed by atoms with Gasteiger partial charge in [-0.15, -0.1) is 0 Å². The predicted molar refractivity (Wildman–Crippen MR) is 50.9 cm³/mol. The topological polar surface area (TPSA) is 36.7 Å². The fourth-order valence-electron chi connectivity index (χ4n) is 1.05. The summed E-state index contributed by atoms with van der Waals surface area (Å²) >= 11 is 3.05. The number of hydrogen-bond donors (Lipinski definition) is 0. The first-order valence-electron chi connectivity index (χ1n) is 3.87. The number of aromatic nitrogens is 1. The van der Waals surface area contributed by atoms with Gasteiger partial charge in [0.05, 0.1) is 12.5 Å². The molecule has 5 heteroatoms. The van der Waals surface area contributed by atoms with Crippen molar-refractivity contribution in [2.75, 3.05) is 0 Å². The maximum absolute atomic E-state index is 12.4. The van der Waals surface area contributed by atoms with Crippen molar-refractivity contribution in [3.63, 3.8) is 0 Å². The van der Waals surface area contributed by atoms with Gasteiger partial charge < -0.3 is 0 Å². The van der Waals surface area contributed by atoms with E-state index in [1.165, 1.54) is 6.20 Å². The molecule has 0 amide bonds. The van der Waals surface area contributed by atoms with Gasteiger partial charge in [-0.2, -0.15) is 5.26 Å². The molecule has 0 saturated heterocycles. The van der Waals surface area contributed by atoms with E-state index in [1.54, 1.807) is 6.92 Å². The molecule has 1 aromatic heterocycles. The number of pyridine rings is 1. The zero-order chi connectivity index (χ0) is 10.7. The predicted octanol–water partition coefficient (Wildman–Crippen LogP) is 3.16. The third-order valence-electron chi connectivity index (χ3n) is 1.87. The molecule has 2 nitrogen and oxygen atoms in total. The first kappa shape index (κ1) is 11.1. The molecule has 1 aromatic rings. The Morgan fingerprint density at radius 3 is 2.79 bits per heavy atom. The molecule has 1 heterocycles. The molecule has 0 fully saturated rings. The first-order valence-corrected chi connectivity index (χ1v) is 4.66. The monoisotopic (exact) mass is 260 g/mol. The molecule has 0 saturated carbocycles. The summed E-state index contributed by atoms with van der Waals surface area (Å²) in [5, 5.41) is 8.47. The fraction of sp³-hybridized carbons (Fsp3) is 0.333. The largest absolute Gasteiger partial charge is 0.281 e. The van der Waals surface area contributed by atoms with Gasteiger partial charge >= 0.3 is 0 Å². The molecule has 74 valence electrons. The van der Waals surface area contributed by atoms with E-state index in [2.05, 4.69) is 20.9 Å². The highest BCUT2D eigenvalue weighted by molar-refractivity contribution is 9.10. The first-order chi connectivity index (χ1) is 6.57. The molecule has 0 aliphatic heterocycles. The lowest BCUT2D eigenvalue weighted by Crippen LogP contribution is -1.98. The molecule has 0 bridgehead atoms. The Hall–Kier alpha value is -1.02. The molecule has 0 aromatic carbocycles. The van der Waals surface area contributed by atoms with E-state index in [0.717, 1.165) is 0 Å². The Balaban J connectivity index is 3.20. The summed E-state index contributed by atoms with van der Waals surface area (Å²) in [5.74, 6) is 0. The normalized spacial score (nSPS) is 10.3. The van der Waals surface area contributed by atoms with Gasteiger partial charge in [-0.25, -0.2) is 8.78 Å². The number of nitriles is 1. The van der Waals surface area contributed by atoms with Gasteiger partial charge in [-0.1, -0.05) is 0 Å². The Labute approximate surface area is 88.7 Å². The second-order valence-corrected chi connectivity index (χ2v) is 3.54. The van der Waals surface area contributed by atoms with Gasteiger partial charge in [0, 0.05) is 10.7 Å². The highest BCUT2D eigenvalue weighted by Gasteiger charge is 2.16. The zero-order valence-electron chi connectivity index (χ0n) is 7.39. The average molecular weight is 261 g/mol. The van der Waals surface area contributed by atoms with Crippen LogP contribution in [0, 0.1) is 18.3 Å². The minimum Gasteiger partial charge on any atom is -0.254 e. The van der Waals surface area contributed by atoms with E-state index < -0.39 is 6.43 Å². The number of halogens is 3. The highest BCUT2D eigenvalue weighted by Crippen LogP contribution is 2.29. The minimum atomic E-state index is -2.60. The summed E-state index contributed by atoms with van der Waals surface area (Å²) in [4.78, 5) is 3.61. The van der Waals surface area contributed by atoms with E-state index in [9.17, 15) is 8.78 Å². The molecule has 0 aliphatic carbocycles. The summed E-state index contributed by atoms with van der Waals surface area (Å²) in [6.07, 6.45) is -1.09. The Morgan fingerprint density at radius 1 is 1.64 bits per heavy atom. The van der Waals surface area contributed by atoms with Crippen LogP contribution in [0.3, 0.4) is 0 Å². The van der Waals surface area contributed by atoms with Crippen LogP contribution in [0.15, 0.2) is 10.7 Å². The van der Waals surface area contributed by atoms with Crippen LogP contribution in [0.5, 0.6) is 0 Å². The Bertz CT molecular complexity index is 385. The molecule has 0 N–H and O–H groups in total. The molecule has 0 radical (unpaired) electrons. The van der Waals surface area contributed by atoms with Crippen molar-refractivity contribution in [3.05, 3.63) is 27.5 Å². The van der Waals surface area contributed by atoms with Crippen LogP contribution in [0.2, 0.25) is 0 Å². The van der Waals surface area contributed by atoms with Gasteiger partial charge in [-0.3, -0.25) is 4.98 Å². The minimum absolute atomic E-state index is 0.181. The van der Waals surface area contributed by atoms with E-state index in [-0.39, 0.29) is 12.1 Å². The lowest BCUT2D eigenvalue weighted by atomic mass is 10.1. The van der Waals surface area contributed by atoms with Gasteiger partial charge in [0.15, 0.2) is 0 Å². The molecule has 14 heavy (non-hydrogen) atoms. The third-order valence-corrected chi connectivity index (χ3v) is 2.87. The third kappa shape index (κ3) is 2.07. The van der Waals surface area contributed by atoms with Crippen molar-refractivity contribution < 1.29 is 8.78 Å². The fourth-order valence-corrected chi connectivity index (χ4v) is 1.58. The summed E-state index contributed by atoms with van der Waals surface area (Å²) in [6.45, 7) is 1.68. The van der Waals surface area contributed by atoms with Crippen molar-refractivity contribution in [1.29, 1.82) is 5.26 Å².